The molecule has 1 aliphatic rings. The molecule has 2 aromatic carbocycles. The number of carbonyl (C=O) groups is 1. The van der Waals surface area contributed by atoms with Gasteiger partial charge in [-0.15, -0.1) is 0 Å². The number of aromatic nitrogens is 3. The average Bonchev–Trinajstić information content (AvgIpc) is 3.33. The highest BCUT2D eigenvalue weighted by Crippen LogP contribution is 2.38. The van der Waals surface area contributed by atoms with E-state index in [9.17, 15) is 9.18 Å². The van der Waals surface area contributed by atoms with Crippen LogP contribution in [0.15, 0.2) is 54.9 Å². The number of anilines is 1. The highest BCUT2D eigenvalue weighted by Gasteiger charge is 2.27. The Balaban J connectivity index is 1.36. The van der Waals surface area contributed by atoms with Gasteiger partial charge in [0.15, 0.2) is 5.78 Å². The van der Waals surface area contributed by atoms with E-state index in [1.165, 1.54) is 25.3 Å². The van der Waals surface area contributed by atoms with Crippen molar-refractivity contribution in [3.8, 4) is 17.0 Å². The predicted molar refractivity (Wildman–Crippen MR) is 142 cm³/mol. The van der Waals surface area contributed by atoms with Gasteiger partial charge in [-0.1, -0.05) is 24.3 Å². The Kier molecular flexibility index (Phi) is 7.19. The van der Waals surface area contributed by atoms with Crippen molar-refractivity contribution in [3.63, 3.8) is 0 Å². The van der Waals surface area contributed by atoms with Gasteiger partial charge in [0.25, 0.3) is 0 Å². The number of imidazole rings is 1. The standard InChI is InChI=1S/C29H32FN5O2/c1-37-25-13-11-22(30)16-23(25)24(36)12-6-18-2-7-20(8-3-18)26-27-28(32)33-14-15-35(27)29(34-26)21-9-4-19(17-31)5-10-21/h2-3,7-8,11,13-16,19,21H,4-6,9-10,12,17,31H2,1H3,(H2,32,33)/t19-,21-. The molecule has 37 heavy (non-hydrogen) atoms. The third-order valence-electron chi connectivity index (χ3n) is 7.49. The molecule has 0 bridgehead atoms. The van der Waals surface area contributed by atoms with Crippen LogP contribution in [0.4, 0.5) is 10.2 Å². The van der Waals surface area contributed by atoms with E-state index in [1.54, 1.807) is 6.20 Å². The monoisotopic (exact) mass is 501 g/mol. The average molecular weight is 502 g/mol. The molecular formula is C29H32FN5O2. The maximum absolute atomic E-state index is 13.7. The minimum Gasteiger partial charge on any atom is -0.496 e. The van der Waals surface area contributed by atoms with Gasteiger partial charge in [0.2, 0.25) is 0 Å². The number of fused-ring (bicyclic) bond motifs is 1. The number of rotatable bonds is 8. The molecule has 0 spiro atoms. The fraction of sp³-hybridized carbons (Fsp3) is 0.345. The van der Waals surface area contributed by atoms with Gasteiger partial charge in [-0.3, -0.25) is 9.20 Å². The molecule has 192 valence electrons. The number of benzene rings is 2. The molecule has 1 aliphatic carbocycles. The van der Waals surface area contributed by atoms with Gasteiger partial charge in [0.1, 0.15) is 34.4 Å². The summed E-state index contributed by atoms with van der Waals surface area (Å²) in [6.45, 7) is 0.741. The van der Waals surface area contributed by atoms with Crippen molar-refractivity contribution in [2.45, 2.75) is 44.4 Å². The van der Waals surface area contributed by atoms with Gasteiger partial charge in [0, 0.05) is 30.3 Å². The van der Waals surface area contributed by atoms with Crippen LogP contribution in [0, 0.1) is 11.7 Å². The molecule has 0 amide bonds. The van der Waals surface area contributed by atoms with E-state index in [0.717, 1.165) is 60.4 Å². The molecule has 4 aromatic rings. The Hall–Kier alpha value is -3.78. The molecule has 5 rings (SSSR count). The van der Waals surface area contributed by atoms with Crippen LogP contribution >= 0.6 is 0 Å². The number of nitrogens with zero attached hydrogens (tertiary/aromatic N) is 3. The molecule has 1 fully saturated rings. The number of hydrogen-bond donors (Lipinski definition) is 2. The largest absolute Gasteiger partial charge is 0.496 e. The Morgan fingerprint density at radius 3 is 2.59 bits per heavy atom. The number of ether oxygens (including phenoxy) is 1. The van der Waals surface area contributed by atoms with Gasteiger partial charge >= 0.3 is 0 Å². The van der Waals surface area contributed by atoms with E-state index < -0.39 is 5.82 Å². The first kappa shape index (κ1) is 24.9. The Morgan fingerprint density at radius 2 is 1.89 bits per heavy atom. The minimum absolute atomic E-state index is 0.159. The van der Waals surface area contributed by atoms with Crippen LogP contribution in [-0.4, -0.2) is 33.8 Å². The third kappa shape index (κ3) is 5.06. The quantitative estimate of drug-likeness (QED) is 0.322. The van der Waals surface area contributed by atoms with Gasteiger partial charge in [-0.2, -0.15) is 0 Å². The van der Waals surface area contributed by atoms with Crippen LogP contribution in [-0.2, 0) is 6.42 Å². The molecule has 8 heteroatoms. The molecule has 7 nitrogen and oxygen atoms in total. The second-order valence-corrected chi connectivity index (χ2v) is 9.77. The molecule has 1 saturated carbocycles. The number of hydrogen-bond acceptors (Lipinski definition) is 6. The second kappa shape index (κ2) is 10.7. The van der Waals surface area contributed by atoms with Crippen LogP contribution in [0.5, 0.6) is 5.75 Å². The van der Waals surface area contributed by atoms with Gasteiger partial charge in [0.05, 0.1) is 12.7 Å². The zero-order valence-corrected chi connectivity index (χ0v) is 21.0. The fourth-order valence-electron chi connectivity index (χ4n) is 5.35. The number of nitrogen functional groups attached to an aromatic ring is 1. The molecule has 2 aromatic heterocycles. The van der Waals surface area contributed by atoms with Crippen LogP contribution in [0.25, 0.3) is 16.8 Å². The van der Waals surface area contributed by atoms with E-state index >= 15 is 0 Å². The zero-order valence-electron chi connectivity index (χ0n) is 21.0. The molecule has 0 saturated heterocycles. The van der Waals surface area contributed by atoms with E-state index in [2.05, 4.69) is 9.38 Å². The van der Waals surface area contributed by atoms with Gasteiger partial charge in [-0.05, 0) is 68.3 Å². The molecule has 2 heterocycles. The van der Waals surface area contributed by atoms with Crippen molar-refractivity contribution in [2.75, 3.05) is 19.4 Å². The van der Waals surface area contributed by atoms with Crippen LogP contribution in [0.3, 0.4) is 0 Å². The lowest BCUT2D eigenvalue weighted by atomic mass is 9.81. The number of ketones is 1. The number of Topliss-reactive ketones (excluding diaryl/α,β-unsaturated/α-hetero) is 1. The van der Waals surface area contributed by atoms with E-state index in [1.807, 2.05) is 30.5 Å². The lowest BCUT2D eigenvalue weighted by Gasteiger charge is -2.26. The smallest absolute Gasteiger partial charge is 0.167 e. The van der Waals surface area contributed by atoms with Crippen molar-refractivity contribution < 1.29 is 13.9 Å². The summed E-state index contributed by atoms with van der Waals surface area (Å²) in [5.41, 5.74) is 16.1. The van der Waals surface area contributed by atoms with Crippen molar-refractivity contribution in [1.29, 1.82) is 0 Å². The summed E-state index contributed by atoms with van der Waals surface area (Å²) in [7, 11) is 1.47. The molecule has 0 radical (unpaired) electrons. The summed E-state index contributed by atoms with van der Waals surface area (Å²) in [6.07, 6.45) is 8.78. The van der Waals surface area contributed by atoms with Gasteiger partial charge < -0.3 is 16.2 Å². The summed E-state index contributed by atoms with van der Waals surface area (Å²) >= 11 is 0. The van der Waals surface area contributed by atoms with Crippen LogP contribution < -0.4 is 16.2 Å². The molecule has 0 aliphatic heterocycles. The van der Waals surface area contributed by atoms with E-state index in [0.29, 0.717) is 29.8 Å². The Labute approximate surface area is 215 Å². The SMILES string of the molecule is COc1ccc(F)cc1C(=O)CCc1ccc(-c2nc([C@H]3CC[C@H](CN)CC3)n3ccnc(N)c23)cc1. The number of carbonyl (C=O) groups excluding carboxylic acids is 1. The summed E-state index contributed by atoms with van der Waals surface area (Å²) < 4.78 is 21.0. The second-order valence-electron chi connectivity index (χ2n) is 9.77. The maximum atomic E-state index is 13.7. The number of halogens is 1. The first-order valence-corrected chi connectivity index (χ1v) is 12.8. The third-order valence-corrected chi connectivity index (χ3v) is 7.49. The highest BCUT2D eigenvalue weighted by molar-refractivity contribution is 5.98. The van der Waals surface area contributed by atoms with Gasteiger partial charge in [-0.25, -0.2) is 14.4 Å². The first-order valence-electron chi connectivity index (χ1n) is 12.8. The van der Waals surface area contributed by atoms with Crippen molar-refractivity contribution in [2.24, 2.45) is 11.7 Å². The minimum atomic E-state index is -0.457. The Bertz CT molecular complexity index is 1410. The molecule has 0 atom stereocenters. The lowest BCUT2D eigenvalue weighted by molar-refractivity contribution is 0.0979. The zero-order chi connectivity index (χ0) is 25.9. The first-order chi connectivity index (χ1) is 18.0. The van der Waals surface area contributed by atoms with Crippen molar-refractivity contribution >= 4 is 17.1 Å². The maximum Gasteiger partial charge on any atom is 0.167 e. The number of methoxy groups -OCH3 is 1. The van der Waals surface area contributed by atoms with E-state index in [4.69, 9.17) is 21.2 Å². The summed E-state index contributed by atoms with van der Waals surface area (Å²) in [6, 6.07) is 12.0. The Morgan fingerprint density at radius 1 is 1.14 bits per heavy atom. The normalized spacial score (nSPS) is 17.7. The molecule has 4 N–H and O–H groups in total. The number of aryl methyl sites for hydroxylation is 1. The van der Waals surface area contributed by atoms with Crippen LogP contribution in [0.1, 0.15) is 59.8 Å². The summed E-state index contributed by atoms with van der Waals surface area (Å²) in [5, 5.41) is 0. The summed E-state index contributed by atoms with van der Waals surface area (Å²) in [4.78, 5) is 22.1. The van der Waals surface area contributed by atoms with Crippen molar-refractivity contribution in [3.05, 3.63) is 77.6 Å². The van der Waals surface area contributed by atoms with Crippen molar-refractivity contribution in [1.82, 2.24) is 14.4 Å². The summed E-state index contributed by atoms with van der Waals surface area (Å²) in [5.74, 6) is 2.19. The fourth-order valence-corrected chi connectivity index (χ4v) is 5.35. The topological polar surface area (TPSA) is 109 Å². The highest BCUT2D eigenvalue weighted by atomic mass is 19.1. The van der Waals surface area contributed by atoms with Crippen LogP contribution in [0.2, 0.25) is 0 Å². The number of nitrogens with two attached hydrogens (primary N) is 2. The predicted octanol–water partition coefficient (Wildman–Crippen LogP) is 5.17. The molecular weight excluding hydrogens is 469 g/mol. The molecule has 0 unspecified atom stereocenters. The van der Waals surface area contributed by atoms with E-state index in [-0.39, 0.29) is 17.8 Å². The lowest BCUT2D eigenvalue weighted by Crippen LogP contribution is -2.21.